The Kier molecular flexibility index (Phi) is 4.60. The summed E-state index contributed by atoms with van der Waals surface area (Å²) in [4.78, 5) is 12.3. The molecule has 0 spiro atoms. The first kappa shape index (κ1) is 12.8. The fourth-order valence-corrected chi connectivity index (χ4v) is 1.48. The maximum absolute atomic E-state index is 11.3. The maximum Gasteiger partial charge on any atom is 0.228 e. The van der Waals surface area contributed by atoms with Crippen LogP contribution < -0.4 is 10.6 Å². The van der Waals surface area contributed by atoms with E-state index in [1.165, 1.54) is 0 Å². The Balaban J connectivity index is 3.03. The normalized spacial score (nSPS) is 12.6. The predicted octanol–water partition coefficient (Wildman–Crippen LogP) is 0.861. The van der Waals surface area contributed by atoms with Crippen LogP contribution in [0.25, 0.3) is 0 Å². The molecule has 1 rings (SSSR count). The highest BCUT2D eigenvalue weighted by Gasteiger charge is 2.09. The molecule has 0 radical (unpaired) electrons. The fourth-order valence-electron chi connectivity index (χ4n) is 1.04. The van der Waals surface area contributed by atoms with Gasteiger partial charge in [-0.3, -0.25) is 4.21 Å². The van der Waals surface area contributed by atoms with Crippen LogP contribution in [0.4, 0.5) is 11.9 Å². The van der Waals surface area contributed by atoms with E-state index < -0.39 is 10.8 Å². The average Bonchev–Trinajstić information content (AvgIpc) is 2.16. The summed E-state index contributed by atoms with van der Waals surface area (Å²) in [6.45, 7) is 6.63. The lowest BCUT2D eigenvalue weighted by molar-refractivity contribution is 0.678. The van der Waals surface area contributed by atoms with Crippen LogP contribution in [0, 0.1) is 0 Å². The van der Waals surface area contributed by atoms with Gasteiger partial charge >= 0.3 is 0 Å². The van der Waals surface area contributed by atoms with Crippen molar-refractivity contribution in [3.63, 3.8) is 0 Å². The topological polar surface area (TPSA) is 79.8 Å². The van der Waals surface area contributed by atoms with Crippen LogP contribution in [0.2, 0.25) is 0 Å². The molecule has 1 heterocycles. The summed E-state index contributed by atoms with van der Waals surface area (Å²) in [5.41, 5.74) is 0. The first-order chi connectivity index (χ1) is 7.52. The number of aromatic nitrogens is 3. The lowest BCUT2D eigenvalue weighted by atomic mass is 10.4. The molecule has 1 unspecified atom stereocenters. The zero-order valence-electron chi connectivity index (χ0n) is 9.94. The fraction of sp³-hybridized carbons (Fsp3) is 0.667. The van der Waals surface area contributed by atoms with Crippen molar-refractivity contribution in [2.45, 2.75) is 32.0 Å². The van der Waals surface area contributed by atoms with Gasteiger partial charge in [0.05, 0.1) is 10.8 Å². The van der Waals surface area contributed by atoms with Crippen LogP contribution in [-0.4, -0.2) is 38.0 Å². The largest absolute Gasteiger partial charge is 0.354 e. The first-order valence-electron chi connectivity index (χ1n) is 5.12. The minimum Gasteiger partial charge on any atom is -0.354 e. The van der Waals surface area contributed by atoms with E-state index in [2.05, 4.69) is 25.6 Å². The van der Waals surface area contributed by atoms with Gasteiger partial charge in [0.2, 0.25) is 17.1 Å². The molecule has 1 aromatic rings. The van der Waals surface area contributed by atoms with Crippen LogP contribution in [0.15, 0.2) is 5.16 Å². The molecule has 1 aromatic heterocycles. The van der Waals surface area contributed by atoms with Crippen LogP contribution in [-0.2, 0) is 10.8 Å². The first-order valence-corrected chi connectivity index (χ1v) is 6.68. The Morgan fingerprint density at radius 2 is 1.88 bits per heavy atom. The van der Waals surface area contributed by atoms with E-state index in [1.807, 2.05) is 20.8 Å². The van der Waals surface area contributed by atoms with E-state index in [9.17, 15) is 4.21 Å². The minimum atomic E-state index is -1.21. The molecular formula is C9H17N5OS. The van der Waals surface area contributed by atoms with Crippen molar-refractivity contribution in [3.8, 4) is 0 Å². The molecule has 16 heavy (non-hydrogen) atoms. The standard InChI is InChI=1S/C9H17N5OS/c1-5-10-7-12-8(11-6(2)3)14-9(13-7)16(4)15/h6H,5H2,1-4H3,(H2,10,11,12,13,14). The van der Waals surface area contributed by atoms with Gasteiger partial charge in [0.25, 0.3) is 0 Å². The van der Waals surface area contributed by atoms with E-state index in [0.29, 0.717) is 18.4 Å². The summed E-state index contributed by atoms with van der Waals surface area (Å²) in [7, 11) is -1.21. The maximum atomic E-state index is 11.3. The van der Waals surface area contributed by atoms with Crippen molar-refractivity contribution in [1.29, 1.82) is 0 Å². The third-order valence-corrected chi connectivity index (χ3v) is 2.32. The Labute approximate surface area is 97.8 Å². The molecular weight excluding hydrogens is 226 g/mol. The van der Waals surface area contributed by atoms with Crippen molar-refractivity contribution in [2.24, 2.45) is 0 Å². The number of anilines is 2. The third kappa shape index (κ3) is 3.73. The Morgan fingerprint density at radius 3 is 2.38 bits per heavy atom. The van der Waals surface area contributed by atoms with Gasteiger partial charge in [-0.1, -0.05) is 0 Å². The van der Waals surface area contributed by atoms with Gasteiger partial charge in [0.15, 0.2) is 0 Å². The molecule has 2 N–H and O–H groups in total. The summed E-state index contributed by atoms with van der Waals surface area (Å²) in [6.07, 6.45) is 1.55. The average molecular weight is 243 g/mol. The summed E-state index contributed by atoms with van der Waals surface area (Å²) in [5.74, 6) is 0.900. The van der Waals surface area contributed by atoms with Gasteiger partial charge in [-0.2, -0.15) is 15.0 Å². The monoisotopic (exact) mass is 243 g/mol. The lowest BCUT2D eigenvalue weighted by Crippen LogP contribution is -2.16. The SMILES string of the molecule is CCNc1nc(NC(C)C)nc(S(C)=O)n1. The van der Waals surface area contributed by atoms with Crippen LogP contribution in [0.1, 0.15) is 20.8 Å². The van der Waals surface area contributed by atoms with Crippen molar-refractivity contribution < 1.29 is 4.21 Å². The predicted molar refractivity (Wildman–Crippen MR) is 65.1 cm³/mol. The number of hydrogen-bond acceptors (Lipinski definition) is 6. The van der Waals surface area contributed by atoms with Crippen molar-refractivity contribution in [3.05, 3.63) is 0 Å². The van der Waals surface area contributed by atoms with E-state index in [1.54, 1.807) is 6.26 Å². The van der Waals surface area contributed by atoms with Crippen molar-refractivity contribution >= 4 is 22.7 Å². The molecule has 0 aliphatic carbocycles. The molecule has 0 saturated carbocycles. The Bertz CT molecular complexity index is 382. The summed E-state index contributed by atoms with van der Waals surface area (Å²) >= 11 is 0. The van der Waals surface area contributed by atoms with Crippen molar-refractivity contribution in [2.75, 3.05) is 23.4 Å². The lowest BCUT2D eigenvalue weighted by Gasteiger charge is -2.10. The molecule has 6 nitrogen and oxygen atoms in total. The van der Waals surface area contributed by atoms with Crippen LogP contribution in [0.5, 0.6) is 0 Å². The Hall–Kier alpha value is -1.24. The summed E-state index contributed by atoms with van der Waals surface area (Å²) in [5, 5.41) is 6.33. The van der Waals surface area contributed by atoms with E-state index >= 15 is 0 Å². The molecule has 0 aromatic carbocycles. The summed E-state index contributed by atoms with van der Waals surface area (Å²) < 4.78 is 11.3. The number of hydrogen-bond donors (Lipinski definition) is 2. The molecule has 90 valence electrons. The second-order valence-corrected chi connectivity index (χ2v) is 4.82. The minimum absolute atomic E-state index is 0.218. The summed E-state index contributed by atoms with van der Waals surface area (Å²) in [6, 6.07) is 0.218. The van der Waals surface area contributed by atoms with E-state index in [4.69, 9.17) is 0 Å². The smallest absolute Gasteiger partial charge is 0.228 e. The zero-order chi connectivity index (χ0) is 12.1. The highest BCUT2D eigenvalue weighted by molar-refractivity contribution is 7.84. The van der Waals surface area contributed by atoms with E-state index in [0.717, 1.165) is 0 Å². The van der Waals surface area contributed by atoms with Gasteiger partial charge in [-0.05, 0) is 20.8 Å². The van der Waals surface area contributed by atoms with Gasteiger partial charge in [0.1, 0.15) is 0 Å². The quantitative estimate of drug-likeness (QED) is 0.798. The highest BCUT2D eigenvalue weighted by Crippen LogP contribution is 2.08. The zero-order valence-corrected chi connectivity index (χ0v) is 10.8. The molecule has 7 heteroatoms. The number of nitrogens with zero attached hydrogens (tertiary/aromatic N) is 3. The second-order valence-electron chi connectivity index (χ2n) is 3.55. The Morgan fingerprint density at radius 1 is 1.25 bits per heavy atom. The molecule has 0 amide bonds. The van der Waals surface area contributed by atoms with Crippen LogP contribution >= 0.6 is 0 Å². The molecule has 0 aliphatic heterocycles. The highest BCUT2D eigenvalue weighted by atomic mass is 32.2. The molecule has 0 saturated heterocycles. The molecule has 1 atom stereocenters. The third-order valence-electron chi connectivity index (χ3n) is 1.62. The van der Waals surface area contributed by atoms with Gasteiger partial charge < -0.3 is 10.6 Å². The van der Waals surface area contributed by atoms with Crippen LogP contribution in [0.3, 0.4) is 0 Å². The second kappa shape index (κ2) is 5.74. The number of rotatable bonds is 5. The molecule has 0 bridgehead atoms. The van der Waals surface area contributed by atoms with Gasteiger partial charge in [-0.15, -0.1) is 0 Å². The molecule has 0 aliphatic rings. The van der Waals surface area contributed by atoms with E-state index in [-0.39, 0.29) is 11.2 Å². The molecule has 0 fully saturated rings. The number of nitrogens with one attached hydrogen (secondary N) is 2. The van der Waals surface area contributed by atoms with Gasteiger partial charge in [-0.25, -0.2) is 0 Å². The van der Waals surface area contributed by atoms with Gasteiger partial charge in [0, 0.05) is 18.8 Å². The van der Waals surface area contributed by atoms with Crippen molar-refractivity contribution in [1.82, 2.24) is 15.0 Å².